The van der Waals surface area contributed by atoms with Gasteiger partial charge >= 0.3 is 0 Å². The van der Waals surface area contributed by atoms with Crippen molar-refractivity contribution in [3.05, 3.63) is 82.8 Å². The normalized spacial score (nSPS) is 10.6. The van der Waals surface area contributed by atoms with Gasteiger partial charge in [-0.3, -0.25) is 4.79 Å². The molecule has 0 bridgehead atoms. The van der Waals surface area contributed by atoms with Gasteiger partial charge in [-0.05, 0) is 35.0 Å². The lowest BCUT2D eigenvalue weighted by atomic mass is 10.1. The van der Waals surface area contributed by atoms with Crippen LogP contribution in [0.4, 0.5) is 0 Å². The Bertz CT molecular complexity index is 983. The molecule has 4 rings (SSSR count). The van der Waals surface area contributed by atoms with Gasteiger partial charge in [0.15, 0.2) is 0 Å². The van der Waals surface area contributed by atoms with E-state index in [1.54, 1.807) is 0 Å². The van der Waals surface area contributed by atoms with E-state index in [0.29, 0.717) is 0 Å². The smallest absolute Gasteiger partial charge is 0.201 e. The molecule has 2 N–H and O–H groups in total. The first-order valence-electron chi connectivity index (χ1n) is 7.13. The highest BCUT2D eigenvalue weighted by Gasteiger charge is 2.02. The van der Waals surface area contributed by atoms with Crippen LogP contribution < -0.4 is 5.16 Å². The molecule has 4 aromatic rings. The van der Waals surface area contributed by atoms with E-state index in [2.05, 4.69) is 6.07 Å². The molecule has 23 heavy (non-hydrogen) atoms. The first-order chi connectivity index (χ1) is 11.1. The molecule has 0 aliphatic heterocycles. The zero-order chi connectivity index (χ0) is 16.2. The fourth-order valence-corrected chi connectivity index (χ4v) is 3.51. The summed E-state index contributed by atoms with van der Waals surface area (Å²) >= 11 is 0. The van der Waals surface area contributed by atoms with E-state index >= 15 is 0 Å². The molecule has 0 amide bonds. The number of phenolic OH excluding ortho intramolecular Hbond substituents is 2. The summed E-state index contributed by atoms with van der Waals surface area (Å²) in [6.07, 6.45) is 0. The van der Waals surface area contributed by atoms with Crippen LogP contribution in [-0.4, -0.2) is 10.2 Å². The molecular weight excluding hydrogens is 307 g/mol. The average Bonchev–Trinajstić information content (AvgIpc) is 2.59. The Morgan fingerprint density at radius 3 is 1.70 bits per heavy atom. The molecule has 3 nitrogen and oxygen atoms in total. The number of hydrogen-bond donors (Lipinski definition) is 2. The van der Waals surface area contributed by atoms with E-state index in [1.165, 1.54) is 34.8 Å². The molecule has 3 aromatic carbocycles. The van der Waals surface area contributed by atoms with Crippen molar-refractivity contribution in [2.24, 2.45) is 0 Å². The Kier molecular flexibility index (Phi) is 4.31. The van der Waals surface area contributed by atoms with Gasteiger partial charge in [0.05, 0.1) is 0 Å². The van der Waals surface area contributed by atoms with E-state index in [9.17, 15) is 4.79 Å². The minimum absolute atomic E-state index is 0.169. The second-order valence-electron chi connectivity index (χ2n) is 5.06. The van der Waals surface area contributed by atoms with Gasteiger partial charge in [-0.25, -0.2) is 0 Å². The Labute approximate surface area is 134 Å². The van der Waals surface area contributed by atoms with E-state index in [-0.39, 0.29) is 24.9 Å². The molecule has 0 spiro atoms. The largest absolute Gasteiger partial charge is 0.508 e. The Balaban J connectivity index is 0.000000166. The van der Waals surface area contributed by atoms with E-state index < -0.39 is 0 Å². The van der Waals surface area contributed by atoms with Gasteiger partial charge in [-0.15, -0.1) is 0 Å². The van der Waals surface area contributed by atoms with Crippen LogP contribution in [0.15, 0.2) is 77.6 Å². The number of hydrogen-bond acceptors (Lipinski definition) is 3. The van der Waals surface area contributed by atoms with Crippen molar-refractivity contribution in [3.8, 4) is 11.5 Å². The summed E-state index contributed by atoms with van der Waals surface area (Å²) in [5.41, 5.74) is 0. The summed E-state index contributed by atoms with van der Waals surface area (Å²) in [5.74, 6) is 0.339. The fraction of sp³-hybridized carbons (Fsp3) is 0. The maximum absolute atomic E-state index is 11.9. The number of rotatable bonds is 0. The highest BCUT2D eigenvalue weighted by atomic mass is 31.0. The van der Waals surface area contributed by atoms with E-state index in [1.807, 2.05) is 42.5 Å². The zero-order valence-electron chi connectivity index (χ0n) is 12.2. The number of fused-ring (bicyclic) bond motifs is 3. The zero-order valence-corrected chi connectivity index (χ0v) is 13.2. The number of phenols is 2. The maximum atomic E-state index is 11.9. The summed E-state index contributed by atoms with van der Waals surface area (Å²) in [6.45, 7) is 0. The van der Waals surface area contributed by atoms with Gasteiger partial charge in [-0.1, -0.05) is 56.7 Å². The summed E-state index contributed by atoms with van der Waals surface area (Å²) in [6, 6.07) is 21.7. The number of aromatic hydroxyl groups is 2. The second-order valence-corrected chi connectivity index (χ2v) is 6.30. The molecular formula is C19H15O3P. The predicted octanol–water partition coefficient (Wildman–Crippen LogP) is 4.48. The minimum atomic E-state index is 0.169. The third kappa shape index (κ3) is 3.36. The average molecular weight is 322 g/mol. The molecule has 0 fully saturated rings. The summed E-state index contributed by atoms with van der Waals surface area (Å²) in [7, 11) is 0.275. The van der Waals surface area contributed by atoms with Gasteiger partial charge in [0.2, 0.25) is 5.16 Å². The summed E-state index contributed by atoms with van der Waals surface area (Å²) < 4.78 is 0. The lowest BCUT2D eigenvalue weighted by molar-refractivity contribution is 0.460. The van der Waals surface area contributed by atoms with Gasteiger partial charge in [-0.2, -0.15) is 0 Å². The third-order valence-electron chi connectivity index (χ3n) is 3.49. The first kappa shape index (κ1) is 15.1. The highest BCUT2D eigenvalue weighted by Crippen LogP contribution is 2.27. The number of benzene rings is 3. The van der Waals surface area contributed by atoms with Crippen molar-refractivity contribution >= 4 is 29.5 Å². The molecule has 0 aliphatic rings. The van der Waals surface area contributed by atoms with Crippen LogP contribution >= 0.6 is 8.19 Å². The molecule has 0 aliphatic carbocycles. The molecule has 1 atom stereocenters. The fourth-order valence-electron chi connectivity index (χ4n) is 2.39. The molecule has 0 radical (unpaired) electrons. The molecule has 1 heterocycles. The molecule has 0 saturated heterocycles. The van der Waals surface area contributed by atoms with Crippen LogP contribution in [-0.2, 0) is 0 Å². The van der Waals surface area contributed by atoms with Gasteiger partial charge in [0.1, 0.15) is 11.5 Å². The molecule has 1 unspecified atom stereocenters. The Morgan fingerprint density at radius 1 is 0.609 bits per heavy atom. The molecule has 1 aromatic heterocycles. The van der Waals surface area contributed by atoms with Crippen LogP contribution in [0.1, 0.15) is 0 Å². The quantitative estimate of drug-likeness (QED) is 0.371. The van der Waals surface area contributed by atoms with Gasteiger partial charge < -0.3 is 10.2 Å². The van der Waals surface area contributed by atoms with Gasteiger partial charge in [0.25, 0.3) is 0 Å². The lowest BCUT2D eigenvalue weighted by Gasteiger charge is -2.01. The summed E-state index contributed by atoms with van der Waals surface area (Å²) in [5, 5.41) is 21.9. The standard InChI is InChI=1S/C13H9OP.C6H6O2/c14-13-11-7-2-1-5-9(11)10-6-3-4-8-12(10)15-13;7-5-1-2-6(8)4-3-5/h1-8,15H;1-4,7-8H. The topological polar surface area (TPSA) is 57.5 Å². The van der Waals surface area contributed by atoms with Crippen LogP contribution in [0.2, 0.25) is 0 Å². The van der Waals surface area contributed by atoms with E-state index in [0.717, 1.165) is 10.8 Å². The van der Waals surface area contributed by atoms with E-state index in [4.69, 9.17) is 10.2 Å². The van der Waals surface area contributed by atoms with Crippen LogP contribution in [0, 0.1) is 0 Å². The Hall–Kier alpha value is -2.77. The minimum Gasteiger partial charge on any atom is -0.508 e. The lowest BCUT2D eigenvalue weighted by Crippen LogP contribution is -1.93. The van der Waals surface area contributed by atoms with Gasteiger partial charge in [0, 0.05) is 10.5 Å². The first-order valence-corrected chi connectivity index (χ1v) is 8.13. The van der Waals surface area contributed by atoms with Crippen molar-refractivity contribution < 1.29 is 10.2 Å². The van der Waals surface area contributed by atoms with Crippen LogP contribution in [0.25, 0.3) is 21.3 Å². The van der Waals surface area contributed by atoms with Crippen molar-refractivity contribution in [1.29, 1.82) is 0 Å². The van der Waals surface area contributed by atoms with Crippen molar-refractivity contribution in [1.82, 2.24) is 0 Å². The van der Waals surface area contributed by atoms with Crippen molar-refractivity contribution in [3.63, 3.8) is 0 Å². The van der Waals surface area contributed by atoms with Crippen molar-refractivity contribution in [2.75, 3.05) is 0 Å². The summed E-state index contributed by atoms with van der Waals surface area (Å²) in [4.78, 5) is 11.9. The van der Waals surface area contributed by atoms with Crippen molar-refractivity contribution in [2.45, 2.75) is 0 Å². The SMILES string of the molecule is O=c1[pH]c2ccccc2c2ccccc12.Oc1ccc(O)cc1. The monoisotopic (exact) mass is 322 g/mol. The highest BCUT2D eigenvalue weighted by molar-refractivity contribution is 7.36. The molecule has 0 saturated carbocycles. The van der Waals surface area contributed by atoms with Crippen LogP contribution in [0.3, 0.4) is 0 Å². The van der Waals surface area contributed by atoms with Crippen LogP contribution in [0.5, 0.6) is 11.5 Å². The second kappa shape index (κ2) is 6.55. The molecule has 4 heteroatoms. The maximum Gasteiger partial charge on any atom is 0.201 e. The Morgan fingerprint density at radius 2 is 1.09 bits per heavy atom. The third-order valence-corrected chi connectivity index (χ3v) is 4.69. The predicted molar refractivity (Wildman–Crippen MR) is 97.0 cm³/mol. The molecule has 114 valence electrons.